The Bertz CT molecular complexity index is 943. The van der Waals surface area contributed by atoms with E-state index in [0.717, 1.165) is 5.56 Å². The number of imide groups is 1. The summed E-state index contributed by atoms with van der Waals surface area (Å²) < 4.78 is 0. The first-order valence-corrected chi connectivity index (χ1v) is 12.2. The van der Waals surface area contributed by atoms with Crippen molar-refractivity contribution in [3.05, 3.63) is 42.0 Å². The van der Waals surface area contributed by atoms with Gasteiger partial charge < -0.3 is 16.0 Å². The van der Waals surface area contributed by atoms with Crippen molar-refractivity contribution in [1.82, 2.24) is 15.5 Å². The van der Waals surface area contributed by atoms with E-state index in [1.165, 1.54) is 17.1 Å². The molecule has 0 unspecified atom stereocenters. The highest BCUT2D eigenvalue weighted by atomic mass is 35.5. The maximum Gasteiger partial charge on any atom is 0.253 e. The van der Waals surface area contributed by atoms with Gasteiger partial charge in [-0.3, -0.25) is 28.9 Å². The van der Waals surface area contributed by atoms with Crippen molar-refractivity contribution in [3.63, 3.8) is 0 Å². The molecule has 0 radical (unpaired) electrons. The van der Waals surface area contributed by atoms with Crippen LogP contribution in [-0.4, -0.2) is 53.1 Å². The maximum absolute atomic E-state index is 12.8. The summed E-state index contributed by atoms with van der Waals surface area (Å²) in [6.45, 7) is 5.52. The second-order valence-corrected chi connectivity index (χ2v) is 9.08. The molecular formula is C25H33ClN4O5. The smallest absolute Gasteiger partial charge is 0.253 e. The average molecular weight is 505 g/mol. The molecular weight excluding hydrogens is 472 g/mol. The van der Waals surface area contributed by atoms with Gasteiger partial charge in [0.15, 0.2) is 0 Å². The largest absolute Gasteiger partial charge is 0.344 e. The Hall–Kier alpha value is -3.20. The Kier molecular flexibility index (Phi) is 10.9. The number of alkyl halides is 1. The minimum atomic E-state index is -0.807. The first-order valence-electron chi connectivity index (χ1n) is 11.7. The quantitative estimate of drug-likeness (QED) is 0.216. The van der Waals surface area contributed by atoms with Gasteiger partial charge in [0.05, 0.1) is 0 Å². The zero-order valence-electron chi connectivity index (χ0n) is 20.3. The van der Waals surface area contributed by atoms with Crippen LogP contribution >= 0.6 is 11.6 Å². The first-order chi connectivity index (χ1) is 16.6. The van der Waals surface area contributed by atoms with Crippen LogP contribution in [0.15, 0.2) is 36.4 Å². The number of carbonyl (C=O) groups excluding carboxylic acids is 5. The number of nitrogens with zero attached hydrogens (tertiary/aromatic N) is 1. The van der Waals surface area contributed by atoms with Crippen molar-refractivity contribution in [2.75, 3.05) is 11.9 Å². The molecule has 9 nitrogen and oxygen atoms in total. The topological polar surface area (TPSA) is 125 Å². The van der Waals surface area contributed by atoms with Crippen LogP contribution in [0.2, 0.25) is 0 Å². The third-order valence-corrected chi connectivity index (χ3v) is 5.89. The van der Waals surface area contributed by atoms with E-state index in [1.54, 1.807) is 31.2 Å². The number of nitrogens with one attached hydrogen (secondary N) is 3. The number of unbranched alkanes of at least 4 members (excludes halogenated alkanes) is 2. The Morgan fingerprint density at radius 2 is 1.51 bits per heavy atom. The summed E-state index contributed by atoms with van der Waals surface area (Å²) in [4.78, 5) is 61.8. The monoisotopic (exact) mass is 504 g/mol. The predicted molar refractivity (Wildman–Crippen MR) is 133 cm³/mol. The summed E-state index contributed by atoms with van der Waals surface area (Å²) in [7, 11) is 0. The lowest BCUT2D eigenvalue weighted by Gasteiger charge is -2.24. The van der Waals surface area contributed by atoms with Gasteiger partial charge in [0.2, 0.25) is 17.7 Å². The third-order valence-electron chi connectivity index (χ3n) is 5.58. The maximum atomic E-state index is 12.8. The predicted octanol–water partition coefficient (Wildman–Crippen LogP) is 2.49. The molecule has 1 aliphatic heterocycles. The Morgan fingerprint density at radius 1 is 0.886 bits per heavy atom. The number of anilines is 1. The number of halogens is 1. The molecule has 0 bridgehead atoms. The Balaban J connectivity index is 1.75. The second kappa shape index (κ2) is 13.6. The highest BCUT2D eigenvalue weighted by Gasteiger charge is 2.27. The molecule has 2 atom stereocenters. The summed E-state index contributed by atoms with van der Waals surface area (Å²) in [6.07, 6.45) is 4.52. The summed E-state index contributed by atoms with van der Waals surface area (Å²) >= 11 is 5.77. The zero-order valence-corrected chi connectivity index (χ0v) is 21.1. The molecule has 5 amide bonds. The fourth-order valence-corrected chi connectivity index (χ4v) is 3.64. The summed E-state index contributed by atoms with van der Waals surface area (Å²) in [5.41, 5.74) is 1.52. The van der Waals surface area contributed by atoms with Gasteiger partial charge in [-0.05, 0) is 43.4 Å². The fourth-order valence-electron chi connectivity index (χ4n) is 3.46. The molecule has 3 N–H and O–H groups in total. The number of amides is 5. The van der Waals surface area contributed by atoms with E-state index in [-0.39, 0.29) is 36.0 Å². The van der Waals surface area contributed by atoms with Crippen molar-refractivity contribution >= 4 is 46.8 Å². The lowest BCUT2D eigenvalue weighted by molar-refractivity contribution is -0.137. The zero-order chi connectivity index (χ0) is 26.0. The third kappa shape index (κ3) is 8.83. The molecule has 0 saturated heterocycles. The molecule has 35 heavy (non-hydrogen) atoms. The highest BCUT2D eigenvalue weighted by molar-refractivity contribution is 6.17. The molecule has 0 fully saturated rings. The first kappa shape index (κ1) is 28.0. The molecule has 1 heterocycles. The molecule has 190 valence electrons. The van der Waals surface area contributed by atoms with Gasteiger partial charge in [0.25, 0.3) is 11.8 Å². The standard InChI is InChI=1S/C25H33ClN4O5/c1-16(2)23(29-20(31)7-5-4-6-14-30-21(32)12-13-22(30)33)25(35)27-17(3)24(34)28-19-10-8-18(15-26)9-11-19/h8-13,16-17,23H,4-7,14-15H2,1-3H3,(H,27,35)(H,28,34)(H,29,31)/t17-,23-/m0/s1. The van der Waals surface area contributed by atoms with E-state index >= 15 is 0 Å². The van der Waals surface area contributed by atoms with Gasteiger partial charge in [-0.25, -0.2) is 0 Å². The summed E-state index contributed by atoms with van der Waals surface area (Å²) in [6, 6.07) is 5.49. The van der Waals surface area contributed by atoms with Gasteiger partial charge in [0.1, 0.15) is 12.1 Å². The minimum absolute atomic E-state index is 0.183. The highest BCUT2D eigenvalue weighted by Crippen LogP contribution is 2.12. The number of benzene rings is 1. The van der Waals surface area contributed by atoms with Crippen molar-refractivity contribution in [2.24, 2.45) is 5.92 Å². The molecule has 2 rings (SSSR count). The lowest BCUT2D eigenvalue weighted by atomic mass is 10.0. The normalized spacial score (nSPS) is 14.7. The van der Waals surface area contributed by atoms with Crippen LogP contribution in [-0.2, 0) is 29.9 Å². The van der Waals surface area contributed by atoms with Gasteiger partial charge in [-0.1, -0.05) is 32.4 Å². The van der Waals surface area contributed by atoms with Gasteiger partial charge in [-0.2, -0.15) is 0 Å². The van der Waals surface area contributed by atoms with E-state index in [4.69, 9.17) is 11.6 Å². The molecule has 10 heteroatoms. The van der Waals surface area contributed by atoms with Crippen LogP contribution in [0.25, 0.3) is 0 Å². The van der Waals surface area contributed by atoms with E-state index in [2.05, 4.69) is 16.0 Å². The molecule has 1 aromatic rings. The van der Waals surface area contributed by atoms with Gasteiger partial charge >= 0.3 is 0 Å². The fraction of sp³-hybridized carbons (Fsp3) is 0.480. The summed E-state index contributed by atoms with van der Waals surface area (Å²) in [5, 5.41) is 8.15. The van der Waals surface area contributed by atoms with E-state index in [0.29, 0.717) is 37.4 Å². The van der Waals surface area contributed by atoms with Crippen molar-refractivity contribution in [3.8, 4) is 0 Å². The number of rotatable bonds is 13. The molecule has 1 aliphatic rings. The average Bonchev–Trinajstić information content (AvgIpc) is 3.14. The van der Waals surface area contributed by atoms with Crippen LogP contribution in [0, 0.1) is 5.92 Å². The second-order valence-electron chi connectivity index (χ2n) is 8.81. The van der Waals surface area contributed by atoms with E-state index in [1.807, 2.05) is 13.8 Å². The van der Waals surface area contributed by atoms with E-state index < -0.39 is 18.0 Å². The molecule has 0 spiro atoms. The Labute approximate surface area is 210 Å². The minimum Gasteiger partial charge on any atom is -0.344 e. The van der Waals surface area contributed by atoms with Crippen molar-refractivity contribution in [1.29, 1.82) is 0 Å². The SMILES string of the molecule is CC(C)[C@H](NC(=O)CCCCCN1C(=O)C=CC1=O)C(=O)N[C@@H](C)C(=O)Nc1ccc(CCl)cc1. The molecule has 1 aromatic carbocycles. The van der Waals surface area contributed by atoms with Crippen LogP contribution in [0.1, 0.15) is 52.0 Å². The van der Waals surface area contributed by atoms with E-state index in [9.17, 15) is 24.0 Å². The lowest BCUT2D eigenvalue weighted by Crippen LogP contribution is -2.53. The molecule has 0 aliphatic carbocycles. The number of hydrogen-bond donors (Lipinski definition) is 3. The molecule has 0 aromatic heterocycles. The number of hydrogen-bond acceptors (Lipinski definition) is 5. The van der Waals surface area contributed by atoms with Crippen molar-refractivity contribution < 1.29 is 24.0 Å². The van der Waals surface area contributed by atoms with Crippen LogP contribution in [0.3, 0.4) is 0 Å². The Morgan fingerprint density at radius 3 is 2.09 bits per heavy atom. The van der Waals surface area contributed by atoms with Crippen LogP contribution in [0.4, 0.5) is 5.69 Å². The summed E-state index contributed by atoms with van der Waals surface area (Å²) in [5.74, 6) is -1.52. The van der Waals surface area contributed by atoms with Crippen molar-refractivity contribution in [2.45, 2.75) is 64.4 Å². The van der Waals surface area contributed by atoms with Crippen LogP contribution < -0.4 is 16.0 Å². The van der Waals surface area contributed by atoms with Gasteiger partial charge in [-0.15, -0.1) is 11.6 Å². The molecule has 0 saturated carbocycles. The van der Waals surface area contributed by atoms with Crippen LogP contribution in [0.5, 0.6) is 0 Å². The number of carbonyl (C=O) groups is 5. The van der Waals surface area contributed by atoms with Gasteiger partial charge in [0, 0.05) is 36.7 Å².